The average Bonchev–Trinajstić information content (AvgIpc) is 3.49. The molecule has 5 nitrogen and oxygen atoms in total. The first-order valence-corrected chi connectivity index (χ1v) is 10.7. The summed E-state index contributed by atoms with van der Waals surface area (Å²) in [5.41, 5.74) is -0.777. The van der Waals surface area contributed by atoms with E-state index in [1.807, 2.05) is 6.92 Å². The van der Waals surface area contributed by atoms with Crippen molar-refractivity contribution in [3.63, 3.8) is 0 Å². The summed E-state index contributed by atoms with van der Waals surface area (Å²) >= 11 is 0. The quantitative estimate of drug-likeness (QED) is 0.715. The summed E-state index contributed by atoms with van der Waals surface area (Å²) in [6, 6.07) is 9.33. The zero-order valence-electron chi connectivity index (χ0n) is 15.7. The molecule has 1 saturated carbocycles. The van der Waals surface area contributed by atoms with Gasteiger partial charge >= 0.3 is 6.18 Å². The van der Waals surface area contributed by atoms with Crippen molar-refractivity contribution in [3.05, 3.63) is 59.7 Å². The molecule has 0 saturated heterocycles. The molecule has 0 radical (unpaired) electrons. The predicted molar refractivity (Wildman–Crippen MR) is 103 cm³/mol. The fraction of sp³-hybridized carbons (Fsp3) is 0.350. The average molecular weight is 426 g/mol. The number of sulfonamides is 1. The molecule has 0 heterocycles. The highest BCUT2D eigenvalue weighted by Gasteiger charge is 2.31. The van der Waals surface area contributed by atoms with Crippen LogP contribution in [0.2, 0.25) is 0 Å². The van der Waals surface area contributed by atoms with Gasteiger partial charge in [-0.2, -0.15) is 13.2 Å². The number of nitrogens with zero attached hydrogens (tertiary/aromatic N) is 1. The Bertz CT molecular complexity index is 985. The normalized spacial score (nSPS) is 14.5. The van der Waals surface area contributed by atoms with E-state index < -0.39 is 21.8 Å². The second-order valence-electron chi connectivity index (χ2n) is 7.00. The number of hydrogen-bond acceptors (Lipinski definition) is 3. The van der Waals surface area contributed by atoms with Crippen LogP contribution < -0.4 is 4.72 Å². The molecule has 0 unspecified atom stereocenters. The highest BCUT2D eigenvalue weighted by Crippen LogP contribution is 2.31. The Hall–Kier alpha value is -2.55. The topological polar surface area (TPSA) is 66.5 Å². The van der Waals surface area contributed by atoms with E-state index in [0.717, 1.165) is 31.0 Å². The number of halogens is 3. The van der Waals surface area contributed by atoms with E-state index in [-0.39, 0.29) is 16.5 Å². The third-order valence-electron chi connectivity index (χ3n) is 4.70. The van der Waals surface area contributed by atoms with Crippen LogP contribution in [0.5, 0.6) is 0 Å². The van der Waals surface area contributed by atoms with Crippen LogP contribution in [-0.4, -0.2) is 32.3 Å². The fourth-order valence-corrected chi connectivity index (χ4v) is 3.95. The van der Waals surface area contributed by atoms with Gasteiger partial charge in [0.25, 0.3) is 15.9 Å². The van der Waals surface area contributed by atoms with Crippen molar-refractivity contribution in [2.75, 3.05) is 17.8 Å². The van der Waals surface area contributed by atoms with Crippen molar-refractivity contribution in [1.29, 1.82) is 0 Å². The van der Waals surface area contributed by atoms with E-state index >= 15 is 0 Å². The highest BCUT2D eigenvalue weighted by atomic mass is 32.2. The third kappa shape index (κ3) is 5.29. The van der Waals surface area contributed by atoms with E-state index in [2.05, 4.69) is 4.72 Å². The number of rotatable bonds is 7. The van der Waals surface area contributed by atoms with E-state index in [4.69, 9.17) is 0 Å². The third-order valence-corrected chi connectivity index (χ3v) is 6.10. The largest absolute Gasteiger partial charge is 0.416 e. The number of carbonyl (C=O) groups excluding carboxylic acids is 1. The molecule has 2 aromatic carbocycles. The molecule has 156 valence electrons. The lowest BCUT2D eigenvalue weighted by Crippen LogP contribution is -2.32. The SMILES string of the molecule is CCN(CC1CC1)C(=O)c1ccc(S(=O)(=O)Nc2cccc(C(F)(F)F)c2)cc1. The first-order valence-electron chi connectivity index (χ1n) is 9.19. The van der Waals surface area contributed by atoms with Gasteiger partial charge in [0.15, 0.2) is 0 Å². The van der Waals surface area contributed by atoms with Gasteiger partial charge < -0.3 is 4.90 Å². The highest BCUT2D eigenvalue weighted by molar-refractivity contribution is 7.92. The Kier molecular flexibility index (Phi) is 5.88. The van der Waals surface area contributed by atoms with Crippen LogP contribution in [0.1, 0.15) is 35.7 Å². The maximum atomic E-state index is 12.8. The van der Waals surface area contributed by atoms with Crippen LogP contribution in [0.15, 0.2) is 53.4 Å². The number of nitrogens with one attached hydrogen (secondary N) is 1. The monoisotopic (exact) mass is 426 g/mol. The molecule has 0 aliphatic heterocycles. The summed E-state index contributed by atoms with van der Waals surface area (Å²) in [6.45, 7) is 3.14. The molecule has 0 bridgehead atoms. The lowest BCUT2D eigenvalue weighted by Gasteiger charge is -2.20. The minimum absolute atomic E-state index is 0.142. The summed E-state index contributed by atoms with van der Waals surface area (Å²) in [5.74, 6) is 0.365. The van der Waals surface area contributed by atoms with Crippen LogP contribution in [0.4, 0.5) is 18.9 Å². The maximum Gasteiger partial charge on any atom is 0.416 e. The van der Waals surface area contributed by atoms with E-state index in [1.54, 1.807) is 4.90 Å². The van der Waals surface area contributed by atoms with Crippen molar-refractivity contribution < 1.29 is 26.4 Å². The number of benzene rings is 2. The second-order valence-corrected chi connectivity index (χ2v) is 8.68. The molecule has 9 heteroatoms. The Morgan fingerprint density at radius 1 is 1.14 bits per heavy atom. The summed E-state index contributed by atoms with van der Waals surface area (Å²) in [5, 5.41) is 0. The first-order chi connectivity index (χ1) is 13.6. The van der Waals surface area contributed by atoms with Crippen molar-refractivity contribution in [2.24, 2.45) is 5.92 Å². The minimum Gasteiger partial charge on any atom is -0.339 e. The predicted octanol–water partition coefficient (Wildman–Crippen LogP) is 4.38. The van der Waals surface area contributed by atoms with Gasteiger partial charge in [0.05, 0.1) is 10.5 Å². The zero-order chi connectivity index (χ0) is 21.2. The van der Waals surface area contributed by atoms with Crippen LogP contribution in [-0.2, 0) is 16.2 Å². The van der Waals surface area contributed by atoms with Crippen molar-refractivity contribution in [3.8, 4) is 0 Å². The van der Waals surface area contributed by atoms with E-state index in [1.165, 1.54) is 30.3 Å². The molecule has 1 fully saturated rings. The number of hydrogen-bond donors (Lipinski definition) is 1. The summed E-state index contributed by atoms with van der Waals surface area (Å²) in [6.07, 6.45) is -2.35. The van der Waals surface area contributed by atoms with Crippen molar-refractivity contribution in [1.82, 2.24) is 4.90 Å². The zero-order valence-corrected chi connectivity index (χ0v) is 16.6. The number of carbonyl (C=O) groups is 1. The van der Waals surface area contributed by atoms with Gasteiger partial charge in [-0.15, -0.1) is 0 Å². The Labute approximate surface area is 167 Å². The van der Waals surface area contributed by atoms with Gasteiger partial charge in [-0.05, 0) is 68.1 Å². The molecule has 0 spiro atoms. The molecular weight excluding hydrogens is 405 g/mol. The Morgan fingerprint density at radius 2 is 1.79 bits per heavy atom. The molecule has 29 heavy (non-hydrogen) atoms. The van der Waals surface area contributed by atoms with Gasteiger partial charge in [0, 0.05) is 24.3 Å². The number of alkyl halides is 3. The maximum absolute atomic E-state index is 12.8. The molecule has 1 aliphatic carbocycles. The number of anilines is 1. The smallest absolute Gasteiger partial charge is 0.339 e. The fourth-order valence-electron chi connectivity index (χ4n) is 2.90. The summed E-state index contributed by atoms with van der Waals surface area (Å²) < 4.78 is 65.6. The lowest BCUT2D eigenvalue weighted by atomic mass is 10.2. The van der Waals surface area contributed by atoms with E-state index in [9.17, 15) is 26.4 Å². The Balaban J connectivity index is 1.75. The van der Waals surface area contributed by atoms with Crippen LogP contribution in [0.25, 0.3) is 0 Å². The Morgan fingerprint density at radius 3 is 2.34 bits per heavy atom. The molecule has 3 rings (SSSR count). The van der Waals surface area contributed by atoms with Crippen molar-refractivity contribution >= 4 is 21.6 Å². The molecule has 2 aromatic rings. The minimum atomic E-state index is -4.57. The van der Waals surface area contributed by atoms with E-state index in [0.29, 0.717) is 24.6 Å². The molecule has 1 aliphatic rings. The lowest BCUT2D eigenvalue weighted by molar-refractivity contribution is -0.137. The molecule has 0 aromatic heterocycles. The van der Waals surface area contributed by atoms with Gasteiger partial charge in [0.2, 0.25) is 0 Å². The number of amides is 1. The van der Waals surface area contributed by atoms with Gasteiger partial charge in [-0.1, -0.05) is 6.07 Å². The molecule has 1 N–H and O–H groups in total. The molecule has 1 amide bonds. The van der Waals surface area contributed by atoms with Crippen LogP contribution >= 0.6 is 0 Å². The first kappa shape index (κ1) is 21.2. The van der Waals surface area contributed by atoms with Gasteiger partial charge in [0.1, 0.15) is 0 Å². The summed E-state index contributed by atoms with van der Waals surface area (Å²) in [4.78, 5) is 14.2. The van der Waals surface area contributed by atoms with Crippen molar-refractivity contribution in [2.45, 2.75) is 30.8 Å². The van der Waals surface area contributed by atoms with Gasteiger partial charge in [-0.25, -0.2) is 8.42 Å². The van der Waals surface area contributed by atoms with Crippen LogP contribution in [0.3, 0.4) is 0 Å². The second kappa shape index (κ2) is 8.06. The van der Waals surface area contributed by atoms with Gasteiger partial charge in [-0.3, -0.25) is 9.52 Å². The standard InChI is InChI=1S/C20H21F3N2O3S/c1-2-25(13-14-6-7-14)19(26)15-8-10-18(11-9-15)29(27,28)24-17-5-3-4-16(12-17)20(21,22)23/h3-5,8-12,14,24H,2,6-7,13H2,1H3. The molecular formula is C20H21F3N2O3S. The molecule has 0 atom stereocenters. The summed E-state index contributed by atoms with van der Waals surface area (Å²) in [7, 11) is -4.10. The van der Waals surface area contributed by atoms with Crippen LogP contribution in [0, 0.1) is 5.92 Å².